The Morgan fingerprint density at radius 2 is 2.06 bits per heavy atom. The summed E-state index contributed by atoms with van der Waals surface area (Å²) in [5.74, 6) is 0.122. The summed E-state index contributed by atoms with van der Waals surface area (Å²) >= 11 is 0. The molecule has 0 aliphatic heterocycles. The van der Waals surface area contributed by atoms with E-state index in [1.807, 2.05) is 6.92 Å². The summed E-state index contributed by atoms with van der Waals surface area (Å²) in [6, 6.07) is 4.12. The Kier molecular flexibility index (Phi) is 5.94. The molecule has 1 atom stereocenters. The van der Waals surface area contributed by atoms with Crippen molar-refractivity contribution in [1.82, 2.24) is 0 Å². The van der Waals surface area contributed by atoms with Gasteiger partial charge < -0.3 is 14.6 Å². The molecule has 0 aliphatic rings. The van der Waals surface area contributed by atoms with Crippen molar-refractivity contribution in [2.75, 3.05) is 19.8 Å². The summed E-state index contributed by atoms with van der Waals surface area (Å²) in [7, 11) is 0. The maximum atomic E-state index is 13.0. The van der Waals surface area contributed by atoms with Crippen molar-refractivity contribution in [2.45, 2.75) is 26.4 Å². The number of hydrogen-bond donors (Lipinski definition) is 1. The van der Waals surface area contributed by atoms with Crippen molar-refractivity contribution in [3.05, 3.63) is 29.6 Å². The van der Waals surface area contributed by atoms with Gasteiger partial charge in [-0.2, -0.15) is 0 Å². The van der Waals surface area contributed by atoms with E-state index < -0.39 is 6.10 Å². The van der Waals surface area contributed by atoms with Crippen LogP contribution in [0.15, 0.2) is 18.2 Å². The molecule has 0 heterocycles. The minimum absolute atomic E-state index is 0.379. The topological polar surface area (TPSA) is 38.7 Å². The fraction of sp³-hybridized carbons (Fsp3) is 0.538. The molecule has 17 heavy (non-hydrogen) atoms. The van der Waals surface area contributed by atoms with Crippen LogP contribution in [0, 0.1) is 5.82 Å². The predicted octanol–water partition coefficient (Wildman–Crippen LogP) is 2.68. The molecule has 3 nitrogen and oxygen atoms in total. The maximum absolute atomic E-state index is 13.0. The molecule has 0 fully saturated rings. The average molecular weight is 242 g/mol. The Labute approximate surface area is 101 Å². The van der Waals surface area contributed by atoms with Gasteiger partial charge in [-0.1, -0.05) is 6.92 Å². The van der Waals surface area contributed by atoms with Gasteiger partial charge in [-0.05, 0) is 31.5 Å². The van der Waals surface area contributed by atoms with Crippen LogP contribution in [-0.4, -0.2) is 24.9 Å². The van der Waals surface area contributed by atoms with Crippen molar-refractivity contribution in [2.24, 2.45) is 0 Å². The van der Waals surface area contributed by atoms with E-state index >= 15 is 0 Å². The molecule has 0 radical (unpaired) electrons. The molecular formula is C13H19FO3. The van der Waals surface area contributed by atoms with Gasteiger partial charge in [0.15, 0.2) is 0 Å². The van der Waals surface area contributed by atoms with Crippen molar-refractivity contribution in [3.8, 4) is 5.75 Å². The molecule has 4 heteroatoms. The van der Waals surface area contributed by atoms with E-state index in [0.29, 0.717) is 31.1 Å². The zero-order chi connectivity index (χ0) is 12.7. The van der Waals surface area contributed by atoms with Gasteiger partial charge in [-0.15, -0.1) is 0 Å². The molecule has 0 bridgehead atoms. The number of halogens is 1. The first-order valence-corrected chi connectivity index (χ1v) is 5.83. The van der Waals surface area contributed by atoms with Gasteiger partial charge in [0.05, 0.1) is 12.7 Å². The smallest absolute Gasteiger partial charge is 0.125 e. The zero-order valence-corrected chi connectivity index (χ0v) is 10.3. The molecule has 0 spiro atoms. The van der Waals surface area contributed by atoms with Crippen LogP contribution in [0.25, 0.3) is 0 Å². The maximum Gasteiger partial charge on any atom is 0.125 e. The van der Waals surface area contributed by atoms with E-state index in [1.165, 1.54) is 18.2 Å². The van der Waals surface area contributed by atoms with E-state index in [4.69, 9.17) is 9.47 Å². The van der Waals surface area contributed by atoms with E-state index in [9.17, 15) is 9.50 Å². The summed E-state index contributed by atoms with van der Waals surface area (Å²) in [4.78, 5) is 0. The minimum atomic E-state index is -0.753. The van der Waals surface area contributed by atoms with Crippen LogP contribution >= 0.6 is 0 Å². The molecule has 1 unspecified atom stereocenters. The highest BCUT2D eigenvalue weighted by Gasteiger charge is 2.10. The quantitative estimate of drug-likeness (QED) is 0.747. The highest BCUT2D eigenvalue weighted by Crippen LogP contribution is 2.25. The van der Waals surface area contributed by atoms with Crippen molar-refractivity contribution < 1.29 is 19.0 Å². The molecule has 1 N–H and O–H groups in total. The molecular weight excluding hydrogens is 223 g/mol. The fourth-order valence-corrected chi connectivity index (χ4v) is 1.43. The molecule has 0 saturated carbocycles. The zero-order valence-electron chi connectivity index (χ0n) is 10.3. The second kappa shape index (κ2) is 7.25. The Balaban J connectivity index is 2.52. The lowest BCUT2D eigenvalue weighted by Crippen LogP contribution is -2.09. The highest BCUT2D eigenvalue weighted by atomic mass is 19.1. The molecule has 0 aliphatic carbocycles. The third-order valence-corrected chi connectivity index (χ3v) is 2.26. The number of benzene rings is 1. The van der Waals surface area contributed by atoms with Gasteiger partial charge in [-0.3, -0.25) is 0 Å². The van der Waals surface area contributed by atoms with Gasteiger partial charge >= 0.3 is 0 Å². The standard InChI is InChI=1S/C13H19FO3/c1-3-6-16-7-8-17-13-5-4-11(14)9-12(13)10(2)15/h4-5,9-10,15H,3,6-8H2,1-2H3. The molecule has 1 rings (SSSR count). The molecule has 1 aromatic rings. The van der Waals surface area contributed by atoms with Gasteiger partial charge in [0, 0.05) is 12.2 Å². The first-order valence-electron chi connectivity index (χ1n) is 5.83. The summed E-state index contributed by atoms with van der Waals surface area (Å²) in [5, 5.41) is 9.49. The van der Waals surface area contributed by atoms with Crippen LogP contribution in [0.4, 0.5) is 4.39 Å². The largest absolute Gasteiger partial charge is 0.491 e. The molecule has 96 valence electrons. The van der Waals surface area contributed by atoms with Gasteiger partial charge in [-0.25, -0.2) is 4.39 Å². The van der Waals surface area contributed by atoms with Crippen LogP contribution in [-0.2, 0) is 4.74 Å². The number of rotatable bonds is 7. The lowest BCUT2D eigenvalue weighted by molar-refractivity contribution is 0.0986. The van der Waals surface area contributed by atoms with Gasteiger partial charge in [0.2, 0.25) is 0 Å². The first-order chi connectivity index (χ1) is 8.15. The molecule has 0 aromatic heterocycles. The second-order valence-electron chi connectivity index (χ2n) is 3.82. The van der Waals surface area contributed by atoms with Crippen molar-refractivity contribution in [3.63, 3.8) is 0 Å². The van der Waals surface area contributed by atoms with Gasteiger partial charge in [0.25, 0.3) is 0 Å². The Bertz CT molecular complexity index is 339. The minimum Gasteiger partial charge on any atom is -0.491 e. The van der Waals surface area contributed by atoms with Crippen LogP contribution in [0.3, 0.4) is 0 Å². The predicted molar refractivity (Wildman–Crippen MR) is 63.6 cm³/mol. The van der Waals surface area contributed by atoms with E-state index in [1.54, 1.807) is 6.92 Å². The Hall–Kier alpha value is -1.13. The average Bonchev–Trinajstić information content (AvgIpc) is 2.30. The van der Waals surface area contributed by atoms with E-state index in [2.05, 4.69) is 0 Å². The van der Waals surface area contributed by atoms with Crippen LogP contribution < -0.4 is 4.74 Å². The highest BCUT2D eigenvalue weighted by molar-refractivity contribution is 5.35. The SMILES string of the molecule is CCCOCCOc1ccc(F)cc1C(C)O. The number of ether oxygens (including phenoxy) is 2. The number of aliphatic hydroxyl groups is 1. The third-order valence-electron chi connectivity index (χ3n) is 2.26. The second-order valence-corrected chi connectivity index (χ2v) is 3.82. The van der Waals surface area contributed by atoms with Crippen LogP contribution in [0.1, 0.15) is 31.9 Å². The summed E-state index contributed by atoms with van der Waals surface area (Å²) < 4.78 is 23.7. The third kappa shape index (κ3) is 4.71. The Morgan fingerprint density at radius 3 is 2.71 bits per heavy atom. The fourth-order valence-electron chi connectivity index (χ4n) is 1.43. The first kappa shape index (κ1) is 13.9. The Morgan fingerprint density at radius 1 is 1.29 bits per heavy atom. The lowest BCUT2D eigenvalue weighted by atomic mass is 10.1. The van der Waals surface area contributed by atoms with Crippen LogP contribution in [0.5, 0.6) is 5.75 Å². The van der Waals surface area contributed by atoms with E-state index in [-0.39, 0.29) is 5.82 Å². The van der Waals surface area contributed by atoms with Gasteiger partial charge in [0.1, 0.15) is 18.2 Å². The van der Waals surface area contributed by atoms with Crippen LogP contribution in [0.2, 0.25) is 0 Å². The summed E-state index contributed by atoms with van der Waals surface area (Å²) in [6.45, 7) is 5.20. The molecule has 0 amide bonds. The van der Waals surface area contributed by atoms with Crippen molar-refractivity contribution in [1.29, 1.82) is 0 Å². The van der Waals surface area contributed by atoms with E-state index in [0.717, 1.165) is 6.42 Å². The molecule has 1 aromatic carbocycles. The normalized spacial score (nSPS) is 12.5. The monoisotopic (exact) mass is 242 g/mol. The lowest BCUT2D eigenvalue weighted by Gasteiger charge is -2.13. The molecule has 0 saturated heterocycles. The number of hydrogen-bond acceptors (Lipinski definition) is 3. The number of aliphatic hydroxyl groups excluding tert-OH is 1. The van der Waals surface area contributed by atoms with Crippen molar-refractivity contribution >= 4 is 0 Å². The summed E-state index contributed by atoms with van der Waals surface area (Å²) in [5.41, 5.74) is 0.459. The summed E-state index contributed by atoms with van der Waals surface area (Å²) in [6.07, 6.45) is 0.215.